The molecule has 0 radical (unpaired) electrons. The van der Waals surface area contributed by atoms with Gasteiger partial charge in [0, 0.05) is 24.7 Å². The summed E-state index contributed by atoms with van der Waals surface area (Å²) in [5, 5.41) is 6.11. The highest BCUT2D eigenvalue weighted by atomic mass is 16.6. The van der Waals surface area contributed by atoms with Gasteiger partial charge in [0.1, 0.15) is 12.4 Å². The molecule has 0 bridgehead atoms. The molecular formula is C21H20N2O5. The van der Waals surface area contributed by atoms with Crippen LogP contribution in [0.2, 0.25) is 0 Å². The molecular weight excluding hydrogens is 360 g/mol. The maximum absolute atomic E-state index is 12.6. The van der Waals surface area contributed by atoms with Gasteiger partial charge < -0.3 is 24.5 Å². The molecule has 1 amide bonds. The Morgan fingerprint density at radius 3 is 2.75 bits per heavy atom. The summed E-state index contributed by atoms with van der Waals surface area (Å²) in [6, 6.07) is 14.1. The van der Waals surface area contributed by atoms with E-state index in [0.29, 0.717) is 30.0 Å². The molecule has 2 heterocycles. The van der Waals surface area contributed by atoms with E-state index < -0.39 is 6.10 Å². The molecule has 2 aromatic carbocycles. The first-order valence-corrected chi connectivity index (χ1v) is 9.05. The lowest BCUT2D eigenvalue weighted by Gasteiger charge is -2.26. The van der Waals surface area contributed by atoms with Crippen LogP contribution in [0.3, 0.4) is 0 Å². The van der Waals surface area contributed by atoms with Crippen LogP contribution in [0.5, 0.6) is 11.5 Å². The number of carbonyl (C=O) groups is 1. The predicted octanol–water partition coefficient (Wildman–Crippen LogP) is 1.94. The summed E-state index contributed by atoms with van der Waals surface area (Å²) in [6.07, 6.45) is -0.819. The van der Waals surface area contributed by atoms with E-state index in [-0.39, 0.29) is 29.3 Å². The van der Waals surface area contributed by atoms with Crippen LogP contribution in [0.15, 0.2) is 57.7 Å². The normalized spacial score (nSPS) is 15.4. The van der Waals surface area contributed by atoms with Gasteiger partial charge in [0.2, 0.25) is 11.9 Å². The number of fused-ring (bicyclic) bond motifs is 3. The van der Waals surface area contributed by atoms with Gasteiger partial charge in [-0.2, -0.15) is 0 Å². The van der Waals surface area contributed by atoms with Crippen molar-refractivity contribution in [3.8, 4) is 22.8 Å². The molecule has 7 nitrogen and oxygen atoms in total. The maximum Gasteiger partial charge on any atom is 0.264 e. The van der Waals surface area contributed by atoms with Crippen molar-refractivity contribution in [3.05, 3.63) is 58.8 Å². The number of benzene rings is 2. The van der Waals surface area contributed by atoms with Crippen molar-refractivity contribution in [3.63, 3.8) is 0 Å². The van der Waals surface area contributed by atoms with Gasteiger partial charge in [0.25, 0.3) is 5.91 Å². The molecule has 2 N–H and O–H groups in total. The highest BCUT2D eigenvalue weighted by Gasteiger charge is 2.30. The fraction of sp³-hybridized carbons (Fsp3) is 0.238. The minimum Gasteiger partial charge on any atom is -0.485 e. The lowest BCUT2D eigenvalue weighted by atomic mass is 10.1. The second-order valence-electron chi connectivity index (χ2n) is 6.42. The predicted molar refractivity (Wildman–Crippen MR) is 105 cm³/mol. The third kappa shape index (κ3) is 3.44. The summed E-state index contributed by atoms with van der Waals surface area (Å²) < 4.78 is 17.6. The second kappa shape index (κ2) is 7.74. The maximum atomic E-state index is 12.6. The van der Waals surface area contributed by atoms with Gasteiger partial charge in [-0.1, -0.05) is 30.3 Å². The van der Waals surface area contributed by atoms with E-state index in [2.05, 4.69) is 10.6 Å². The van der Waals surface area contributed by atoms with E-state index in [9.17, 15) is 9.59 Å². The van der Waals surface area contributed by atoms with Gasteiger partial charge in [0.15, 0.2) is 16.8 Å². The zero-order valence-electron chi connectivity index (χ0n) is 15.4. The lowest BCUT2D eigenvalue weighted by Crippen LogP contribution is -2.45. The van der Waals surface area contributed by atoms with Crippen molar-refractivity contribution in [1.29, 1.82) is 0 Å². The van der Waals surface area contributed by atoms with Crippen LogP contribution >= 0.6 is 0 Å². The van der Waals surface area contributed by atoms with E-state index in [1.54, 1.807) is 19.2 Å². The molecule has 1 atom stereocenters. The van der Waals surface area contributed by atoms with Gasteiger partial charge in [-0.25, -0.2) is 0 Å². The van der Waals surface area contributed by atoms with E-state index in [1.807, 2.05) is 30.3 Å². The highest BCUT2D eigenvalue weighted by Crippen LogP contribution is 2.39. The van der Waals surface area contributed by atoms with E-state index >= 15 is 0 Å². The van der Waals surface area contributed by atoms with E-state index in [1.165, 1.54) is 6.07 Å². The first-order valence-electron chi connectivity index (χ1n) is 9.05. The molecule has 1 aromatic heterocycles. The quantitative estimate of drug-likeness (QED) is 0.658. The molecule has 7 heteroatoms. The Hall–Kier alpha value is -3.32. The van der Waals surface area contributed by atoms with Crippen LogP contribution in [0.25, 0.3) is 22.3 Å². The first kappa shape index (κ1) is 18.1. The summed E-state index contributed by atoms with van der Waals surface area (Å²) in [4.78, 5) is 24.9. The summed E-state index contributed by atoms with van der Waals surface area (Å²) in [5.74, 6) is 0.864. The molecule has 0 saturated heterocycles. The van der Waals surface area contributed by atoms with Gasteiger partial charge in [-0.15, -0.1) is 0 Å². The standard InChI is InChI=1S/C21H20N2O5/c1-22-9-10-23-21(25)18-12-26-16-8-7-14-15(24)11-17(13-5-3-2-4-6-13)27-19(14)20(16)28-18/h2-8,11,18,22H,9-10,12H2,1H3,(H,23,25). The van der Waals surface area contributed by atoms with Crippen LogP contribution in [-0.4, -0.2) is 38.8 Å². The van der Waals surface area contributed by atoms with Gasteiger partial charge in [0.05, 0.1) is 5.39 Å². The Morgan fingerprint density at radius 1 is 1.14 bits per heavy atom. The zero-order valence-corrected chi connectivity index (χ0v) is 15.4. The third-order valence-corrected chi connectivity index (χ3v) is 4.49. The summed E-state index contributed by atoms with van der Waals surface area (Å²) >= 11 is 0. The average molecular weight is 380 g/mol. The molecule has 4 rings (SSSR count). The third-order valence-electron chi connectivity index (χ3n) is 4.49. The molecule has 144 valence electrons. The smallest absolute Gasteiger partial charge is 0.264 e. The van der Waals surface area contributed by atoms with Crippen molar-refractivity contribution in [2.45, 2.75) is 6.10 Å². The second-order valence-corrected chi connectivity index (χ2v) is 6.42. The summed E-state index contributed by atoms with van der Waals surface area (Å²) in [6.45, 7) is 1.21. The number of rotatable bonds is 5. The van der Waals surface area contributed by atoms with Crippen molar-refractivity contribution in [2.75, 3.05) is 26.7 Å². The van der Waals surface area contributed by atoms with Crippen LogP contribution in [0, 0.1) is 0 Å². The molecule has 1 aliphatic rings. The number of carbonyl (C=O) groups excluding carboxylic acids is 1. The molecule has 1 aliphatic heterocycles. The van der Waals surface area contributed by atoms with E-state index in [0.717, 1.165) is 5.56 Å². The molecule has 1 unspecified atom stereocenters. The molecule has 0 spiro atoms. The molecule has 3 aromatic rings. The van der Waals surface area contributed by atoms with Crippen molar-refractivity contribution in [1.82, 2.24) is 10.6 Å². The van der Waals surface area contributed by atoms with Crippen molar-refractivity contribution < 1.29 is 18.7 Å². The molecule has 0 fully saturated rings. The van der Waals surface area contributed by atoms with Crippen molar-refractivity contribution >= 4 is 16.9 Å². The van der Waals surface area contributed by atoms with Crippen molar-refractivity contribution in [2.24, 2.45) is 0 Å². The Labute approximate surface area is 161 Å². The number of hydrogen-bond donors (Lipinski definition) is 2. The van der Waals surface area contributed by atoms with Crippen LogP contribution in [-0.2, 0) is 4.79 Å². The Morgan fingerprint density at radius 2 is 1.96 bits per heavy atom. The topological polar surface area (TPSA) is 89.8 Å². The first-order chi connectivity index (χ1) is 13.7. The fourth-order valence-corrected chi connectivity index (χ4v) is 3.04. The number of hydrogen-bond acceptors (Lipinski definition) is 6. The lowest BCUT2D eigenvalue weighted by molar-refractivity contribution is -0.130. The summed E-state index contributed by atoms with van der Waals surface area (Å²) in [5.41, 5.74) is 0.862. The molecule has 0 saturated carbocycles. The fourth-order valence-electron chi connectivity index (χ4n) is 3.04. The molecule has 0 aliphatic carbocycles. The Balaban J connectivity index is 1.72. The zero-order chi connectivity index (χ0) is 19.5. The average Bonchev–Trinajstić information content (AvgIpc) is 2.74. The monoisotopic (exact) mass is 380 g/mol. The molecule has 28 heavy (non-hydrogen) atoms. The number of nitrogens with one attached hydrogen (secondary N) is 2. The Bertz CT molecular complexity index is 1060. The minimum atomic E-state index is -0.819. The van der Waals surface area contributed by atoms with Crippen LogP contribution in [0.4, 0.5) is 0 Å². The largest absolute Gasteiger partial charge is 0.485 e. The SMILES string of the molecule is CNCCNC(=O)C1COc2ccc3c(=O)cc(-c4ccccc4)oc3c2O1. The number of amides is 1. The van der Waals surface area contributed by atoms with Gasteiger partial charge in [-0.3, -0.25) is 9.59 Å². The number of ether oxygens (including phenoxy) is 2. The minimum absolute atomic E-state index is 0.0898. The van der Waals surface area contributed by atoms with Gasteiger partial charge >= 0.3 is 0 Å². The highest BCUT2D eigenvalue weighted by molar-refractivity contribution is 5.88. The summed E-state index contributed by atoms with van der Waals surface area (Å²) in [7, 11) is 1.81. The van der Waals surface area contributed by atoms with E-state index in [4.69, 9.17) is 13.9 Å². The van der Waals surface area contributed by atoms with Crippen LogP contribution in [0.1, 0.15) is 0 Å². The van der Waals surface area contributed by atoms with Crippen LogP contribution < -0.4 is 25.5 Å². The van der Waals surface area contributed by atoms with Gasteiger partial charge in [-0.05, 0) is 19.2 Å². The Kier molecular flexibility index (Phi) is 4.99. The number of likely N-dealkylation sites (N-methyl/N-ethyl adjacent to an activating group) is 1.